The average molecular weight is 752 g/mol. The Morgan fingerprint density at radius 1 is 0.547 bits per heavy atom. The molecule has 0 saturated carbocycles. The van der Waals surface area contributed by atoms with Crippen molar-refractivity contribution < 1.29 is 38.2 Å². The first-order chi connectivity index (χ1) is 25.6. The number of quaternary nitrogens is 1. The lowest BCUT2D eigenvalue weighted by Crippen LogP contribution is -2.55. The topological polar surface area (TPSA) is 102 Å². The molecule has 8 nitrogen and oxygen atoms in total. The molecule has 2 atom stereocenters. The molecule has 0 aromatic carbocycles. The number of carbonyl (C=O) groups excluding carboxylic acids is 3. The molecule has 0 radical (unpaired) electrons. The number of unbranched alkanes of at least 4 members (excludes halogenated alkanes) is 24. The zero-order chi connectivity index (χ0) is 39.3. The van der Waals surface area contributed by atoms with Crippen LogP contribution < -0.4 is 5.11 Å². The van der Waals surface area contributed by atoms with E-state index in [1.54, 1.807) is 21.1 Å². The summed E-state index contributed by atoms with van der Waals surface area (Å²) < 4.78 is 17.2. The normalized spacial score (nSPS) is 13.0. The summed E-state index contributed by atoms with van der Waals surface area (Å²) in [6.45, 7) is 4.67. The number of hydrogen-bond acceptors (Lipinski definition) is 7. The van der Waals surface area contributed by atoms with Crippen LogP contribution in [0.25, 0.3) is 0 Å². The van der Waals surface area contributed by atoms with Crippen LogP contribution in [-0.2, 0) is 28.6 Å². The highest BCUT2D eigenvalue weighted by molar-refractivity contribution is 5.70. The maximum Gasteiger partial charge on any atom is 0.306 e. The Labute approximate surface area is 327 Å². The van der Waals surface area contributed by atoms with Crippen molar-refractivity contribution in [3.05, 3.63) is 12.2 Å². The van der Waals surface area contributed by atoms with E-state index in [-0.39, 0.29) is 42.7 Å². The van der Waals surface area contributed by atoms with Gasteiger partial charge in [0.2, 0.25) is 0 Å². The van der Waals surface area contributed by atoms with Crippen LogP contribution in [0.1, 0.15) is 206 Å². The van der Waals surface area contributed by atoms with Crippen LogP contribution in [0.5, 0.6) is 0 Å². The van der Waals surface area contributed by atoms with Gasteiger partial charge in [0.25, 0.3) is 0 Å². The number of likely N-dealkylation sites (N-methyl/N-ethyl adjacent to an activating group) is 1. The lowest BCUT2D eigenvalue weighted by atomic mass is 10.0. The van der Waals surface area contributed by atoms with Crippen molar-refractivity contribution in [2.45, 2.75) is 219 Å². The lowest BCUT2D eigenvalue weighted by Gasteiger charge is -2.34. The number of carboxylic acids is 1. The summed E-state index contributed by atoms with van der Waals surface area (Å²) in [6, 6.07) is -0.722. The molecule has 0 saturated heterocycles. The summed E-state index contributed by atoms with van der Waals surface area (Å²) in [5.74, 6) is -1.73. The molecule has 0 amide bonds. The second-order valence-corrected chi connectivity index (χ2v) is 16.3. The highest BCUT2D eigenvalue weighted by atomic mass is 16.6. The number of allylic oxidation sites excluding steroid dienone is 2. The van der Waals surface area contributed by atoms with Crippen LogP contribution in [-0.4, -0.2) is 75.5 Å². The first kappa shape index (κ1) is 51.1. The average Bonchev–Trinajstić information content (AvgIpc) is 3.11. The highest BCUT2D eigenvalue weighted by Crippen LogP contribution is 2.15. The first-order valence-electron chi connectivity index (χ1n) is 22.2. The zero-order valence-electron chi connectivity index (χ0n) is 35.4. The van der Waals surface area contributed by atoms with Gasteiger partial charge in [0, 0.05) is 19.3 Å². The van der Waals surface area contributed by atoms with E-state index in [1.165, 1.54) is 122 Å². The van der Waals surface area contributed by atoms with Crippen LogP contribution in [0.4, 0.5) is 0 Å². The molecule has 0 bridgehead atoms. The Balaban J connectivity index is 4.33. The summed E-state index contributed by atoms with van der Waals surface area (Å²) in [6.07, 6.45) is 38.0. The molecule has 0 spiro atoms. The Morgan fingerprint density at radius 3 is 1.36 bits per heavy atom. The van der Waals surface area contributed by atoms with E-state index in [4.69, 9.17) is 14.2 Å². The summed E-state index contributed by atoms with van der Waals surface area (Å²) in [5.41, 5.74) is 0. The molecule has 0 rings (SSSR count). The van der Waals surface area contributed by atoms with Gasteiger partial charge in [0.1, 0.15) is 12.6 Å². The Morgan fingerprint density at radius 2 is 0.943 bits per heavy atom. The van der Waals surface area contributed by atoms with Gasteiger partial charge in [-0.2, -0.15) is 0 Å². The molecule has 312 valence electrons. The first-order valence-corrected chi connectivity index (χ1v) is 22.2. The summed E-state index contributed by atoms with van der Waals surface area (Å²) >= 11 is 0. The van der Waals surface area contributed by atoms with Gasteiger partial charge in [-0.25, -0.2) is 0 Å². The number of aliphatic carboxylic acids is 1. The summed E-state index contributed by atoms with van der Waals surface area (Å²) in [5, 5.41) is 11.6. The zero-order valence-corrected chi connectivity index (χ0v) is 35.4. The molecule has 0 aromatic heterocycles. The van der Waals surface area contributed by atoms with Crippen molar-refractivity contribution in [2.24, 2.45) is 0 Å². The molecular formula is C45H85NO7. The van der Waals surface area contributed by atoms with E-state index in [1.807, 2.05) is 0 Å². The van der Waals surface area contributed by atoms with Gasteiger partial charge in [0.05, 0.1) is 40.3 Å². The number of nitrogens with zero attached hydrogens (tertiary/aromatic N) is 1. The molecule has 0 aliphatic heterocycles. The quantitative estimate of drug-likeness (QED) is 0.0266. The molecule has 0 heterocycles. The minimum Gasteiger partial charge on any atom is -0.544 e. The van der Waals surface area contributed by atoms with E-state index in [0.29, 0.717) is 12.8 Å². The van der Waals surface area contributed by atoms with E-state index in [9.17, 15) is 19.5 Å². The smallest absolute Gasteiger partial charge is 0.306 e. The molecule has 53 heavy (non-hydrogen) atoms. The van der Waals surface area contributed by atoms with Crippen molar-refractivity contribution >= 4 is 17.9 Å². The van der Waals surface area contributed by atoms with Gasteiger partial charge in [-0.1, -0.05) is 161 Å². The van der Waals surface area contributed by atoms with Gasteiger partial charge >= 0.3 is 11.9 Å². The molecule has 0 aliphatic rings. The predicted octanol–water partition coefficient (Wildman–Crippen LogP) is 10.6. The van der Waals surface area contributed by atoms with Gasteiger partial charge in [-0.15, -0.1) is 0 Å². The standard InChI is InChI=1S/C45H85NO7/c1-6-8-10-12-14-16-18-20-21-22-24-26-28-30-32-34-36-44(48)53-41(39-51-38-37-42(45(49)50)46(3,4)5)40-52-43(47)35-33-31-29-27-25-23-19-17-15-13-11-9-7-2/h21-22,41-42H,6-20,23-40H2,1-5H3/b22-21+. The van der Waals surface area contributed by atoms with Crippen LogP contribution >= 0.6 is 0 Å². The molecular weight excluding hydrogens is 666 g/mol. The minimum absolute atomic E-state index is 0.0428. The van der Waals surface area contributed by atoms with Gasteiger partial charge in [-0.3, -0.25) is 9.59 Å². The summed E-state index contributed by atoms with van der Waals surface area (Å²) in [7, 11) is 5.41. The van der Waals surface area contributed by atoms with Crippen molar-refractivity contribution in [1.82, 2.24) is 0 Å². The fraction of sp³-hybridized carbons (Fsp3) is 0.889. The monoisotopic (exact) mass is 752 g/mol. The van der Waals surface area contributed by atoms with Gasteiger partial charge in [0.15, 0.2) is 6.10 Å². The van der Waals surface area contributed by atoms with E-state index < -0.39 is 18.1 Å². The third kappa shape index (κ3) is 35.5. The molecule has 2 unspecified atom stereocenters. The fourth-order valence-electron chi connectivity index (χ4n) is 6.65. The number of hydrogen-bond donors (Lipinski definition) is 0. The van der Waals surface area contributed by atoms with E-state index >= 15 is 0 Å². The Bertz CT molecular complexity index is 885. The molecule has 8 heteroatoms. The Hall–Kier alpha value is -1.93. The number of esters is 2. The van der Waals surface area contributed by atoms with Crippen molar-refractivity contribution in [3.63, 3.8) is 0 Å². The second kappa shape index (κ2) is 37.0. The van der Waals surface area contributed by atoms with Crippen LogP contribution in [0.2, 0.25) is 0 Å². The molecule has 0 aliphatic carbocycles. The largest absolute Gasteiger partial charge is 0.544 e. The van der Waals surface area contributed by atoms with Crippen molar-refractivity contribution in [2.75, 3.05) is 41.0 Å². The predicted molar refractivity (Wildman–Crippen MR) is 217 cm³/mol. The SMILES string of the molecule is CCCCCCCCC/C=C/CCCCCCCC(=O)OC(COCCC(C(=O)[O-])[N+](C)(C)C)COC(=O)CCCCCCCCCCCCCCC. The number of carboxylic acid groups (broad SMARTS) is 1. The molecule has 0 aromatic rings. The molecule has 0 N–H and O–H groups in total. The van der Waals surface area contributed by atoms with Crippen molar-refractivity contribution in [1.29, 1.82) is 0 Å². The van der Waals surface area contributed by atoms with Gasteiger partial charge in [-0.05, 0) is 38.5 Å². The van der Waals surface area contributed by atoms with E-state index in [2.05, 4.69) is 26.0 Å². The van der Waals surface area contributed by atoms with Crippen LogP contribution in [0, 0.1) is 0 Å². The maximum absolute atomic E-state index is 12.7. The van der Waals surface area contributed by atoms with Crippen molar-refractivity contribution in [3.8, 4) is 0 Å². The summed E-state index contributed by atoms with van der Waals surface area (Å²) in [4.78, 5) is 36.8. The minimum atomic E-state index is -1.12. The van der Waals surface area contributed by atoms with E-state index in [0.717, 1.165) is 51.4 Å². The highest BCUT2D eigenvalue weighted by Gasteiger charge is 2.25. The van der Waals surface area contributed by atoms with Crippen LogP contribution in [0.15, 0.2) is 12.2 Å². The number of carbonyl (C=O) groups is 3. The third-order valence-electron chi connectivity index (χ3n) is 10.2. The fourth-order valence-corrected chi connectivity index (χ4v) is 6.65. The number of rotatable bonds is 40. The lowest BCUT2D eigenvalue weighted by molar-refractivity contribution is -0.889. The Kier molecular flexibility index (Phi) is 35.7. The van der Waals surface area contributed by atoms with Gasteiger partial charge < -0.3 is 28.6 Å². The second-order valence-electron chi connectivity index (χ2n) is 16.3. The molecule has 0 fully saturated rings. The third-order valence-corrected chi connectivity index (χ3v) is 10.2. The van der Waals surface area contributed by atoms with Crippen LogP contribution in [0.3, 0.4) is 0 Å². The number of ether oxygens (including phenoxy) is 3. The maximum atomic E-state index is 12.7.